The van der Waals surface area contributed by atoms with Crippen molar-refractivity contribution in [3.8, 4) is 0 Å². The van der Waals surface area contributed by atoms with Crippen molar-refractivity contribution < 1.29 is 19.7 Å². The number of allylic oxidation sites excluding steroid dienone is 1. The van der Waals surface area contributed by atoms with Crippen LogP contribution in [0.1, 0.15) is 13.8 Å². The highest BCUT2D eigenvalue weighted by atomic mass is 35.5. The molecule has 15 heavy (non-hydrogen) atoms. The molecule has 0 aliphatic heterocycles. The van der Waals surface area contributed by atoms with Crippen LogP contribution in [0.3, 0.4) is 0 Å². The molecule has 0 aromatic rings. The largest absolute Gasteiger partial charge is 0.479 e. The van der Waals surface area contributed by atoms with Crippen LogP contribution >= 0.6 is 23.2 Å². The van der Waals surface area contributed by atoms with Gasteiger partial charge in [0.05, 0.1) is 13.2 Å². The Balaban J connectivity index is -0.000000158. The molecule has 92 valence electrons. The second-order valence-electron chi connectivity index (χ2n) is 2.32. The maximum Gasteiger partial charge on any atom is 0.339 e. The van der Waals surface area contributed by atoms with Gasteiger partial charge in [0.25, 0.3) is 0 Å². The lowest BCUT2D eigenvalue weighted by Gasteiger charge is -2.02. The lowest BCUT2D eigenvalue weighted by atomic mass is 10.5. The number of aliphatic carboxylic acids is 1. The maximum atomic E-state index is 9.76. The van der Waals surface area contributed by atoms with E-state index >= 15 is 0 Å². The highest BCUT2D eigenvalue weighted by molar-refractivity contribution is 6.56. The zero-order valence-electron chi connectivity index (χ0n) is 9.17. The van der Waals surface area contributed by atoms with E-state index in [9.17, 15) is 4.79 Å². The Morgan fingerprint density at radius 2 is 1.87 bits per heavy atom. The molecule has 0 saturated carbocycles. The van der Waals surface area contributed by atoms with Crippen LogP contribution < -0.4 is 0 Å². The van der Waals surface area contributed by atoms with E-state index in [0.29, 0.717) is 6.61 Å². The highest BCUT2D eigenvalue weighted by Crippen LogP contribution is 2.18. The number of alkyl halides is 2. The number of halogens is 2. The summed E-state index contributed by atoms with van der Waals surface area (Å²) in [5.74, 6) is -1.23. The fraction of sp³-hybridized carbons (Fsp3) is 0.667. The number of hydrogen-bond donors (Lipinski definition) is 2. The Hall–Kier alpha value is -0.290. The molecule has 0 unspecified atom stereocenters. The number of carboxylic acid groups (broad SMARTS) is 1. The summed E-state index contributed by atoms with van der Waals surface area (Å²) < 4.78 is 2.80. The van der Waals surface area contributed by atoms with Crippen LogP contribution in [-0.4, -0.2) is 40.8 Å². The Labute approximate surface area is 100 Å². The molecule has 4 nitrogen and oxygen atoms in total. The summed E-state index contributed by atoms with van der Waals surface area (Å²) in [5, 5.41) is 15.9. The molecule has 2 N–H and O–H groups in total. The van der Waals surface area contributed by atoms with Gasteiger partial charge >= 0.3 is 5.97 Å². The zero-order chi connectivity index (χ0) is 12.9. The smallest absolute Gasteiger partial charge is 0.339 e. The summed E-state index contributed by atoms with van der Waals surface area (Å²) in [6.07, 6.45) is 1.75. The van der Waals surface area contributed by atoms with Crippen molar-refractivity contribution in [3.05, 3.63) is 12.7 Å². The molecule has 0 atom stereocenters. The fourth-order valence-corrected chi connectivity index (χ4v) is 0.0913. The van der Waals surface area contributed by atoms with Gasteiger partial charge in [0, 0.05) is 7.11 Å². The molecular weight excluding hydrogens is 243 g/mol. The molecule has 0 aliphatic carbocycles. The number of rotatable bonds is 3. The predicted molar refractivity (Wildman–Crippen MR) is 62.6 cm³/mol. The summed E-state index contributed by atoms with van der Waals surface area (Å²) in [6, 6.07) is 0. The number of hydrogen-bond acceptors (Lipinski definition) is 3. The summed E-state index contributed by atoms with van der Waals surface area (Å²) >= 11 is 10.1. The molecule has 0 saturated heterocycles. The van der Waals surface area contributed by atoms with E-state index in [0.717, 1.165) is 0 Å². The van der Waals surface area contributed by atoms with Crippen LogP contribution in [0, 0.1) is 0 Å². The molecule has 0 fully saturated rings. The molecule has 0 heterocycles. The minimum absolute atomic E-state index is 0.122. The molecule has 0 spiro atoms. The van der Waals surface area contributed by atoms with Crippen LogP contribution in [0.2, 0.25) is 0 Å². The Morgan fingerprint density at radius 3 is 1.87 bits per heavy atom. The van der Waals surface area contributed by atoms with Gasteiger partial charge in [0.15, 0.2) is 0 Å². The number of methoxy groups -OCH3 is 1. The van der Waals surface area contributed by atoms with E-state index in [1.54, 1.807) is 13.2 Å². The van der Waals surface area contributed by atoms with Crippen LogP contribution in [0.25, 0.3) is 0 Å². The Bertz CT molecular complexity index is 153. The molecule has 0 rings (SSSR count). The quantitative estimate of drug-likeness (QED) is 0.603. The first-order chi connectivity index (χ1) is 6.77. The number of aliphatic hydroxyl groups excluding tert-OH is 1. The standard InChI is InChI=1S/C3H4Cl2O2.C3H8O2.C3H6/c1-3(4,5)2(6)7;1-5-3-2-4;1-3-2/h1H3,(H,6,7);4H,2-3H2,1H3;3H,1H2,2H3. The van der Waals surface area contributed by atoms with Gasteiger partial charge in [-0.05, 0) is 13.8 Å². The van der Waals surface area contributed by atoms with Crippen molar-refractivity contribution in [1.82, 2.24) is 0 Å². The third-order valence-electron chi connectivity index (χ3n) is 0.671. The normalized spacial score (nSPS) is 8.93. The van der Waals surface area contributed by atoms with Gasteiger partial charge in [0.1, 0.15) is 0 Å². The number of aliphatic hydroxyl groups is 1. The van der Waals surface area contributed by atoms with E-state index in [4.69, 9.17) is 33.4 Å². The molecule has 6 heteroatoms. The third kappa shape index (κ3) is 31.6. The zero-order valence-corrected chi connectivity index (χ0v) is 10.7. The number of carbonyl (C=O) groups is 1. The summed E-state index contributed by atoms with van der Waals surface area (Å²) in [6.45, 7) is 7.01. The predicted octanol–water partition coefficient (Wildman–Crippen LogP) is 2.08. The van der Waals surface area contributed by atoms with Crippen LogP contribution in [0.5, 0.6) is 0 Å². The van der Waals surface area contributed by atoms with E-state index in [-0.39, 0.29) is 6.61 Å². The van der Waals surface area contributed by atoms with E-state index in [2.05, 4.69) is 11.3 Å². The van der Waals surface area contributed by atoms with E-state index < -0.39 is 10.3 Å². The van der Waals surface area contributed by atoms with Crippen LogP contribution in [0.4, 0.5) is 0 Å². The summed E-state index contributed by atoms with van der Waals surface area (Å²) in [4.78, 5) is 9.76. The molecule has 0 bridgehead atoms. The third-order valence-corrected chi connectivity index (χ3v) is 0.994. The minimum Gasteiger partial charge on any atom is -0.479 e. The average Bonchev–Trinajstić information content (AvgIpc) is 2.06. The van der Waals surface area contributed by atoms with Crippen molar-refractivity contribution in [2.45, 2.75) is 18.2 Å². The topological polar surface area (TPSA) is 66.8 Å². The fourth-order valence-electron chi connectivity index (χ4n) is 0.0913. The molecule has 0 aromatic carbocycles. The van der Waals surface area contributed by atoms with Crippen molar-refractivity contribution >= 4 is 29.2 Å². The Morgan fingerprint density at radius 1 is 1.60 bits per heavy atom. The van der Waals surface area contributed by atoms with Crippen molar-refractivity contribution in [3.63, 3.8) is 0 Å². The van der Waals surface area contributed by atoms with Crippen molar-refractivity contribution in [2.75, 3.05) is 20.3 Å². The summed E-state index contributed by atoms with van der Waals surface area (Å²) in [7, 11) is 1.55. The monoisotopic (exact) mass is 260 g/mol. The second kappa shape index (κ2) is 13.7. The van der Waals surface area contributed by atoms with E-state index in [1.807, 2.05) is 6.92 Å². The first kappa shape index (κ1) is 20.2. The van der Waals surface area contributed by atoms with Gasteiger partial charge in [-0.1, -0.05) is 29.3 Å². The summed E-state index contributed by atoms with van der Waals surface area (Å²) in [5.41, 5.74) is 0. The molecule has 0 radical (unpaired) electrons. The minimum atomic E-state index is -1.64. The molecule has 0 amide bonds. The lowest BCUT2D eigenvalue weighted by molar-refractivity contribution is -0.137. The van der Waals surface area contributed by atoms with Gasteiger partial charge in [-0.3, -0.25) is 0 Å². The van der Waals surface area contributed by atoms with Gasteiger partial charge in [-0.25, -0.2) is 4.79 Å². The number of carboxylic acids is 1. The molecule has 0 aliphatic rings. The molecular formula is C9H18Cl2O4. The maximum absolute atomic E-state index is 9.76. The first-order valence-electron chi connectivity index (χ1n) is 4.05. The SMILES string of the molecule is C=CC.CC(Cl)(Cl)C(=O)O.COCCO. The van der Waals surface area contributed by atoms with Crippen molar-refractivity contribution in [1.29, 1.82) is 0 Å². The van der Waals surface area contributed by atoms with Crippen LogP contribution in [0.15, 0.2) is 12.7 Å². The van der Waals surface area contributed by atoms with E-state index in [1.165, 1.54) is 6.92 Å². The Kier molecular flexibility index (Phi) is 18.4. The van der Waals surface area contributed by atoms with Gasteiger partial charge in [0.2, 0.25) is 4.33 Å². The van der Waals surface area contributed by atoms with Gasteiger partial charge in [-0.2, -0.15) is 0 Å². The van der Waals surface area contributed by atoms with Gasteiger partial charge < -0.3 is 14.9 Å². The second-order valence-corrected chi connectivity index (χ2v) is 4.02. The van der Waals surface area contributed by atoms with Crippen LogP contribution in [-0.2, 0) is 9.53 Å². The lowest BCUT2D eigenvalue weighted by Crippen LogP contribution is -2.19. The molecule has 0 aromatic heterocycles. The number of ether oxygens (including phenoxy) is 1. The van der Waals surface area contributed by atoms with Gasteiger partial charge in [-0.15, -0.1) is 6.58 Å². The highest BCUT2D eigenvalue weighted by Gasteiger charge is 2.25. The average molecular weight is 261 g/mol. The first-order valence-corrected chi connectivity index (χ1v) is 4.81. The van der Waals surface area contributed by atoms with Crippen molar-refractivity contribution in [2.24, 2.45) is 0 Å².